The number of ether oxygens (including phenoxy) is 1. The summed E-state index contributed by atoms with van der Waals surface area (Å²) in [5.74, 6) is 0.909. The van der Waals surface area contributed by atoms with E-state index in [9.17, 15) is 4.79 Å². The molecule has 1 heterocycles. The van der Waals surface area contributed by atoms with Gasteiger partial charge in [-0.3, -0.25) is 4.79 Å². The van der Waals surface area contributed by atoms with Gasteiger partial charge in [-0.2, -0.15) is 0 Å². The van der Waals surface area contributed by atoms with Crippen molar-refractivity contribution in [1.29, 1.82) is 0 Å². The minimum absolute atomic E-state index is 0.0842. The molecule has 1 aromatic carbocycles. The summed E-state index contributed by atoms with van der Waals surface area (Å²) in [5.41, 5.74) is 0.496. The zero-order valence-electron chi connectivity index (χ0n) is 13.8. The first-order valence-corrected chi connectivity index (χ1v) is 7.89. The number of nitrogens with zero attached hydrogens (tertiary/aromatic N) is 1. The molecular formula is C17H27N3O2. The molecule has 1 aromatic rings. The molecule has 0 radical (unpaired) electrons. The van der Waals surface area contributed by atoms with Gasteiger partial charge in [0.2, 0.25) is 5.91 Å². The van der Waals surface area contributed by atoms with Gasteiger partial charge in [0.25, 0.3) is 0 Å². The van der Waals surface area contributed by atoms with Crippen LogP contribution in [0, 0.1) is 5.41 Å². The number of carbonyl (C=O) groups excluding carboxylic acids is 1. The van der Waals surface area contributed by atoms with Crippen molar-refractivity contribution in [3.63, 3.8) is 0 Å². The Kier molecular flexibility index (Phi) is 5.80. The topological polar surface area (TPSA) is 53.6 Å². The summed E-state index contributed by atoms with van der Waals surface area (Å²) in [4.78, 5) is 14.5. The molecule has 5 nitrogen and oxygen atoms in total. The maximum absolute atomic E-state index is 12.4. The van der Waals surface area contributed by atoms with Crippen molar-refractivity contribution in [1.82, 2.24) is 10.2 Å². The summed E-state index contributed by atoms with van der Waals surface area (Å²) >= 11 is 0. The molecule has 1 atom stereocenters. The van der Waals surface area contributed by atoms with E-state index in [0.29, 0.717) is 6.61 Å². The van der Waals surface area contributed by atoms with Crippen LogP contribution in [0.15, 0.2) is 24.3 Å². The number of benzene rings is 1. The maximum atomic E-state index is 12.4. The largest absolute Gasteiger partial charge is 0.492 e. The molecule has 22 heavy (non-hydrogen) atoms. The quantitative estimate of drug-likeness (QED) is 0.843. The fourth-order valence-corrected chi connectivity index (χ4v) is 2.51. The van der Waals surface area contributed by atoms with E-state index in [1.54, 1.807) is 0 Å². The van der Waals surface area contributed by atoms with E-state index in [-0.39, 0.29) is 11.3 Å². The zero-order chi connectivity index (χ0) is 16.0. The molecule has 0 aromatic heterocycles. The average molecular weight is 305 g/mol. The number of piperidine rings is 1. The third kappa shape index (κ3) is 4.71. The predicted molar refractivity (Wildman–Crippen MR) is 89.3 cm³/mol. The normalized spacial score (nSPS) is 21.6. The van der Waals surface area contributed by atoms with Crippen LogP contribution in [-0.2, 0) is 4.79 Å². The SMILES string of the molecule is CN(C)CCOc1ccc(NC(=O)C2(C)CCCNC2)cc1. The first-order chi connectivity index (χ1) is 10.5. The molecule has 2 rings (SSSR count). The van der Waals surface area contributed by atoms with Crippen LogP contribution in [0.25, 0.3) is 0 Å². The van der Waals surface area contributed by atoms with E-state index in [2.05, 4.69) is 15.5 Å². The summed E-state index contributed by atoms with van der Waals surface area (Å²) in [7, 11) is 4.03. The van der Waals surface area contributed by atoms with Crippen molar-refractivity contribution < 1.29 is 9.53 Å². The first-order valence-electron chi connectivity index (χ1n) is 7.89. The minimum Gasteiger partial charge on any atom is -0.492 e. The van der Waals surface area contributed by atoms with Gasteiger partial charge in [-0.15, -0.1) is 0 Å². The number of rotatable bonds is 6. The highest BCUT2D eigenvalue weighted by Crippen LogP contribution is 2.27. The molecule has 2 N–H and O–H groups in total. The van der Waals surface area contributed by atoms with E-state index in [1.807, 2.05) is 45.3 Å². The van der Waals surface area contributed by atoms with Crippen LogP contribution >= 0.6 is 0 Å². The van der Waals surface area contributed by atoms with Crippen LogP contribution < -0.4 is 15.4 Å². The van der Waals surface area contributed by atoms with Gasteiger partial charge in [-0.05, 0) is 64.7 Å². The highest BCUT2D eigenvalue weighted by atomic mass is 16.5. The third-order valence-corrected chi connectivity index (χ3v) is 4.06. The fourth-order valence-electron chi connectivity index (χ4n) is 2.51. The van der Waals surface area contributed by atoms with Crippen LogP contribution in [-0.4, -0.2) is 51.1 Å². The number of hydrogen-bond donors (Lipinski definition) is 2. The summed E-state index contributed by atoms with van der Waals surface area (Å²) in [6, 6.07) is 7.57. The molecule has 1 unspecified atom stereocenters. The third-order valence-electron chi connectivity index (χ3n) is 4.06. The number of nitrogens with one attached hydrogen (secondary N) is 2. The lowest BCUT2D eigenvalue weighted by molar-refractivity contribution is -0.125. The van der Waals surface area contributed by atoms with Gasteiger partial charge >= 0.3 is 0 Å². The molecule has 1 aliphatic rings. The Balaban J connectivity index is 1.86. The van der Waals surface area contributed by atoms with Crippen LogP contribution in [0.5, 0.6) is 5.75 Å². The molecule has 0 aliphatic carbocycles. The Labute approximate surface area is 133 Å². The summed E-state index contributed by atoms with van der Waals surface area (Å²) in [6.45, 7) is 5.30. The fraction of sp³-hybridized carbons (Fsp3) is 0.588. The first kappa shape index (κ1) is 16.8. The Morgan fingerprint density at radius 3 is 2.68 bits per heavy atom. The molecule has 0 bridgehead atoms. The van der Waals surface area contributed by atoms with Gasteiger partial charge in [0.05, 0.1) is 5.41 Å². The Morgan fingerprint density at radius 1 is 1.36 bits per heavy atom. The van der Waals surface area contributed by atoms with Crippen LogP contribution in [0.4, 0.5) is 5.69 Å². The van der Waals surface area contributed by atoms with Gasteiger partial charge in [-0.1, -0.05) is 0 Å². The van der Waals surface area contributed by atoms with E-state index in [1.165, 1.54) is 0 Å². The second-order valence-electron chi connectivity index (χ2n) is 6.47. The molecule has 122 valence electrons. The number of anilines is 1. The molecule has 0 spiro atoms. The number of likely N-dealkylation sites (N-methyl/N-ethyl adjacent to an activating group) is 1. The van der Waals surface area contributed by atoms with Gasteiger partial charge in [-0.25, -0.2) is 0 Å². The van der Waals surface area contributed by atoms with Crippen molar-refractivity contribution in [3.05, 3.63) is 24.3 Å². The van der Waals surface area contributed by atoms with Crippen LogP contribution in [0.1, 0.15) is 19.8 Å². The molecule has 5 heteroatoms. The van der Waals surface area contributed by atoms with Crippen LogP contribution in [0.3, 0.4) is 0 Å². The zero-order valence-corrected chi connectivity index (χ0v) is 13.8. The Bertz CT molecular complexity index is 479. The number of hydrogen-bond acceptors (Lipinski definition) is 4. The van der Waals surface area contributed by atoms with E-state index in [0.717, 1.165) is 43.9 Å². The van der Waals surface area contributed by atoms with E-state index >= 15 is 0 Å². The van der Waals surface area contributed by atoms with Crippen molar-refractivity contribution >= 4 is 11.6 Å². The van der Waals surface area contributed by atoms with Gasteiger partial charge in [0.1, 0.15) is 12.4 Å². The summed E-state index contributed by atoms with van der Waals surface area (Å²) in [6.07, 6.45) is 1.97. The van der Waals surface area contributed by atoms with Gasteiger partial charge in [0, 0.05) is 18.8 Å². The lowest BCUT2D eigenvalue weighted by Gasteiger charge is -2.32. The van der Waals surface area contributed by atoms with E-state index in [4.69, 9.17) is 4.74 Å². The molecule has 1 amide bonds. The summed E-state index contributed by atoms with van der Waals surface area (Å²) in [5, 5.41) is 6.31. The maximum Gasteiger partial charge on any atom is 0.231 e. The van der Waals surface area contributed by atoms with Crippen molar-refractivity contribution in [2.45, 2.75) is 19.8 Å². The molecule has 1 aliphatic heterocycles. The second kappa shape index (κ2) is 7.61. The van der Waals surface area contributed by atoms with Crippen molar-refractivity contribution in [2.75, 3.05) is 45.7 Å². The smallest absolute Gasteiger partial charge is 0.231 e. The lowest BCUT2D eigenvalue weighted by atomic mass is 9.82. The van der Waals surface area contributed by atoms with Gasteiger partial charge < -0.3 is 20.3 Å². The molecular weight excluding hydrogens is 278 g/mol. The van der Waals surface area contributed by atoms with Crippen molar-refractivity contribution in [3.8, 4) is 5.75 Å². The predicted octanol–water partition coefficient (Wildman–Crippen LogP) is 1.96. The minimum atomic E-state index is -0.320. The van der Waals surface area contributed by atoms with Crippen molar-refractivity contribution in [2.24, 2.45) is 5.41 Å². The Hall–Kier alpha value is -1.59. The number of carbonyl (C=O) groups is 1. The van der Waals surface area contributed by atoms with Gasteiger partial charge in [0.15, 0.2) is 0 Å². The van der Waals surface area contributed by atoms with Crippen LogP contribution in [0.2, 0.25) is 0 Å². The molecule has 0 saturated carbocycles. The highest BCUT2D eigenvalue weighted by Gasteiger charge is 2.34. The molecule has 1 fully saturated rings. The second-order valence-corrected chi connectivity index (χ2v) is 6.47. The standard InChI is InChI=1S/C17H27N3O2/c1-17(9-4-10-18-13-17)16(21)19-14-5-7-15(8-6-14)22-12-11-20(2)3/h5-8,18H,4,9-13H2,1-3H3,(H,19,21). The van der Waals surface area contributed by atoms with E-state index < -0.39 is 0 Å². The highest BCUT2D eigenvalue weighted by molar-refractivity contribution is 5.95. The number of amides is 1. The monoisotopic (exact) mass is 305 g/mol. The summed E-state index contributed by atoms with van der Waals surface area (Å²) < 4.78 is 5.65. The lowest BCUT2D eigenvalue weighted by Crippen LogP contribution is -2.46. The average Bonchev–Trinajstić information content (AvgIpc) is 2.49. The molecule has 1 saturated heterocycles. The Morgan fingerprint density at radius 2 is 2.09 bits per heavy atom.